The molecule has 1 N–H and O–H groups in total. The first kappa shape index (κ1) is 16.7. The van der Waals surface area contributed by atoms with Crippen molar-refractivity contribution >= 4 is 5.91 Å². The first-order chi connectivity index (χ1) is 12.8. The number of carbonyl (C=O) groups is 1. The molecule has 26 heavy (non-hydrogen) atoms. The van der Waals surface area contributed by atoms with Gasteiger partial charge in [0, 0.05) is 30.8 Å². The summed E-state index contributed by atoms with van der Waals surface area (Å²) >= 11 is 0. The first-order valence-corrected chi connectivity index (χ1v) is 9.03. The number of aromatic nitrogens is 1. The van der Waals surface area contributed by atoms with Gasteiger partial charge in [-0.1, -0.05) is 6.07 Å². The third-order valence-electron chi connectivity index (χ3n) is 4.42. The summed E-state index contributed by atoms with van der Waals surface area (Å²) in [4.78, 5) is 16.7. The number of hydrogen-bond acceptors (Lipinski definition) is 5. The SMILES string of the molecule is O=C(NCc1ccc(OCC2CC2)nc1)c1ccc2c(c1)OCCCO2. The van der Waals surface area contributed by atoms with E-state index in [-0.39, 0.29) is 5.91 Å². The molecule has 1 aliphatic heterocycles. The molecule has 1 amide bonds. The fourth-order valence-corrected chi connectivity index (χ4v) is 2.68. The van der Waals surface area contributed by atoms with Gasteiger partial charge in [0.25, 0.3) is 5.91 Å². The number of rotatable bonds is 6. The van der Waals surface area contributed by atoms with Crippen molar-refractivity contribution in [3.05, 3.63) is 47.7 Å². The van der Waals surface area contributed by atoms with E-state index in [4.69, 9.17) is 14.2 Å². The minimum atomic E-state index is -0.158. The zero-order valence-corrected chi connectivity index (χ0v) is 14.6. The molecule has 2 heterocycles. The summed E-state index contributed by atoms with van der Waals surface area (Å²) in [6, 6.07) is 9.02. The van der Waals surface area contributed by atoms with E-state index in [1.807, 2.05) is 12.1 Å². The third kappa shape index (κ3) is 4.25. The first-order valence-electron chi connectivity index (χ1n) is 9.03. The molecule has 6 heteroatoms. The van der Waals surface area contributed by atoms with Crippen LogP contribution in [-0.4, -0.2) is 30.7 Å². The van der Waals surface area contributed by atoms with Crippen LogP contribution >= 0.6 is 0 Å². The molecule has 4 rings (SSSR count). The van der Waals surface area contributed by atoms with Crippen LogP contribution in [0.15, 0.2) is 36.5 Å². The lowest BCUT2D eigenvalue weighted by Crippen LogP contribution is -2.22. The van der Waals surface area contributed by atoms with Crippen molar-refractivity contribution in [2.75, 3.05) is 19.8 Å². The number of nitrogens with one attached hydrogen (secondary N) is 1. The molecule has 2 aliphatic rings. The molecule has 0 unspecified atom stereocenters. The highest BCUT2D eigenvalue weighted by Crippen LogP contribution is 2.30. The van der Waals surface area contributed by atoms with Gasteiger partial charge < -0.3 is 19.5 Å². The average Bonchev–Trinajstić information content (AvgIpc) is 3.51. The second kappa shape index (κ2) is 7.64. The van der Waals surface area contributed by atoms with Crippen LogP contribution in [0.3, 0.4) is 0 Å². The number of benzene rings is 1. The summed E-state index contributed by atoms with van der Waals surface area (Å²) in [6.07, 6.45) is 5.08. The molecule has 1 aliphatic carbocycles. The third-order valence-corrected chi connectivity index (χ3v) is 4.42. The van der Waals surface area contributed by atoms with Gasteiger partial charge in [0.15, 0.2) is 11.5 Å². The Bertz CT molecular complexity index is 772. The van der Waals surface area contributed by atoms with Gasteiger partial charge in [-0.25, -0.2) is 4.98 Å². The van der Waals surface area contributed by atoms with Crippen LogP contribution in [0.1, 0.15) is 35.2 Å². The van der Waals surface area contributed by atoms with Gasteiger partial charge in [0.05, 0.1) is 19.8 Å². The largest absolute Gasteiger partial charge is 0.490 e. The van der Waals surface area contributed by atoms with Gasteiger partial charge in [0.2, 0.25) is 5.88 Å². The maximum Gasteiger partial charge on any atom is 0.251 e. The van der Waals surface area contributed by atoms with Crippen LogP contribution < -0.4 is 19.5 Å². The van der Waals surface area contributed by atoms with Crippen molar-refractivity contribution < 1.29 is 19.0 Å². The fraction of sp³-hybridized carbons (Fsp3) is 0.400. The molecule has 0 bridgehead atoms. The van der Waals surface area contributed by atoms with E-state index in [2.05, 4.69) is 10.3 Å². The minimum absolute atomic E-state index is 0.158. The standard InChI is InChI=1S/C20H22N2O4/c23-20(16-5-6-17-18(10-16)25-9-1-8-24-17)22-12-15-4-7-19(21-11-15)26-13-14-2-3-14/h4-7,10-11,14H,1-3,8-9,12-13H2,(H,22,23). The number of nitrogens with zero attached hydrogens (tertiary/aromatic N) is 1. The van der Waals surface area contributed by atoms with Crippen LogP contribution in [0.5, 0.6) is 17.4 Å². The maximum atomic E-state index is 12.4. The predicted molar refractivity (Wildman–Crippen MR) is 95.7 cm³/mol. The van der Waals surface area contributed by atoms with Crippen molar-refractivity contribution in [1.82, 2.24) is 10.3 Å². The highest BCUT2D eigenvalue weighted by molar-refractivity contribution is 5.94. The molecular weight excluding hydrogens is 332 g/mol. The number of ether oxygens (including phenoxy) is 3. The Hall–Kier alpha value is -2.76. The molecule has 1 saturated carbocycles. The quantitative estimate of drug-likeness (QED) is 0.864. The van der Waals surface area contributed by atoms with Crippen molar-refractivity contribution in [2.24, 2.45) is 5.92 Å². The second-order valence-electron chi connectivity index (χ2n) is 6.65. The van der Waals surface area contributed by atoms with Crippen LogP contribution in [0.4, 0.5) is 0 Å². The lowest BCUT2D eigenvalue weighted by Gasteiger charge is -2.10. The van der Waals surface area contributed by atoms with Gasteiger partial charge in [-0.15, -0.1) is 0 Å². The summed E-state index contributed by atoms with van der Waals surface area (Å²) in [5.41, 5.74) is 1.47. The van der Waals surface area contributed by atoms with E-state index < -0.39 is 0 Å². The van der Waals surface area contributed by atoms with Crippen LogP contribution in [0.2, 0.25) is 0 Å². The smallest absolute Gasteiger partial charge is 0.251 e. The predicted octanol–water partition coefficient (Wildman–Crippen LogP) is 2.96. The van der Waals surface area contributed by atoms with E-state index in [9.17, 15) is 4.79 Å². The van der Waals surface area contributed by atoms with Crippen LogP contribution in [0.25, 0.3) is 0 Å². The van der Waals surface area contributed by atoms with Gasteiger partial charge in [-0.3, -0.25) is 4.79 Å². The van der Waals surface area contributed by atoms with Crippen molar-refractivity contribution in [1.29, 1.82) is 0 Å². The normalized spacial score (nSPS) is 15.8. The zero-order chi connectivity index (χ0) is 17.8. The molecule has 6 nitrogen and oxygen atoms in total. The lowest BCUT2D eigenvalue weighted by atomic mass is 10.2. The number of carbonyl (C=O) groups excluding carboxylic acids is 1. The highest BCUT2D eigenvalue weighted by Gasteiger charge is 2.22. The maximum absolute atomic E-state index is 12.4. The molecular formula is C20H22N2O4. The van der Waals surface area contributed by atoms with E-state index in [1.54, 1.807) is 24.4 Å². The Morgan fingerprint density at radius 1 is 1.15 bits per heavy atom. The Balaban J connectivity index is 1.32. The van der Waals surface area contributed by atoms with E-state index >= 15 is 0 Å². The number of pyridine rings is 1. The molecule has 2 aromatic rings. The molecule has 0 atom stereocenters. The van der Waals surface area contributed by atoms with Gasteiger partial charge in [-0.05, 0) is 42.5 Å². The van der Waals surface area contributed by atoms with Crippen LogP contribution in [0, 0.1) is 5.92 Å². The van der Waals surface area contributed by atoms with E-state index in [0.717, 1.165) is 18.6 Å². The van der Waals surface area contributed by atoms with Gasteiger partial charge >= 0.3 is 0 Å². The number of fused-ring (bicyclic) bond motifs is 1. The summed E-state index contributed by atoms with van der Waals surface area (Å²) in [7, 11) is 0. The Morgan fingerprint density at radius 2 is 2.00 bits per heavy atom. The van der Waals surface area contributed by atoms with Crippen molar-refractivity contribution in [3.8, 4) is 17.4 Å². The second-order valence-corrected chi connectivity index (χ2v) is 6.65. The summed E-state index contributed by atoms with van der Waals surface area (Å²) in [5.74, 6) is 2.48. The molecule has 1 fully saturated rings. The van der Waals surface area contributed by atoms with Gasteiger partial charge in [0.1, 0.15) is 0 Å². The fourth-order valence-electron chi connectivity index (χ4n) is 2.68. The molecule has 136 valence electrons. The number of amides is 1. The van der Waals surface area contributed by atoms with Crippen LogP contribution in [-0.2, 0) is 6.54 Å². The Morgan fingerprint density at radius 3 is 2.77 bits per heavy atom. The van der Waals surface area contributed by atoms with Crippen molar-refractivity contribution in [3.63, 3.8) is 0 Å². The molecule has 1 aromatic heterocycles. The van der Waals surface area contributed by atoms with E-state index in [0.29, 0.717) is 48.6 Å². The minimum Gasteiger partial charge on any atom is -0.490 e. The molecule has 0 radical (unpaired) electrons. The molecule has 0 spiro atoms. The molecule has 1 aromatic carbocycles. The zero-order valence-electron chi connectivity index (χ0n) is 14.6. The molecule has 0 saturated heterocycles. The summed E-state index contributed by atoms with van der Waals surface area (Å²) in [6.45, 7) is 2.38. The lowest BCUT2D eigenvalue weighted by molar-refractivity contribution is 0.0950. The Labute approximate surface area is 152 Å². The van der Waals surface area contributed by atoms with Gasteiger partial charge in [-0.2, -0.15) is 0 Å². The number of hydrogen-bond donors (Lipinski definition) is 1. The topological polar surface area (TPSA) is 69.7 Å². The van der Waals surface area contributed by atoms with Crippen molar-refractivity contribution in [2.45, 2.75) is 25.8 Å². The Kier molecular flexibility index (Phi) is 4.91. The monoisotopic (exact) mass is 354 g/mol. The average molecular weight is 354 g/mol. The highest BCUT2D eigenvalue weighted by atomic mass is 16.5. The summed E-state index contributed by atoms with van der Waals surface area (Å²) < 4.78 is 16.8. The summed E-state index contributed by atoms with van der Waals surface area (Å²) in [5, 5.41) is 2.90. The van der Waals surface area contributed by atoms with E-state index in [1.165, 1.54) is 12.8 Å².